The highest BCUT2D eigenvalue weighted by molar-refractivity contribution is 7.93. The molecule has 0 saturated carbocycles. The van der Waals surface area contributed by atoms with Gasteiger partial charge in [-0.3, -0.25) is 9.52 Å². The van der Waals surface area contributed by atoms with Gasteiger partial charge < -0.3 is 15.1 Å². The summed E-state index contributed by atoms with van der Waals surface area (Å²) >= 11 is 0. The van der Waals surface area contributed by atoms with Crippen molar-refractivity contribution in [3.63, 3.8) is 0 Å². The summed E-state index contributed by atoms with van der Waals surface area (Å²) in [4.78, 5) is 16.1. The fraction of sp³-hybridized carbons (Fsp3) is 0.435. The predicted molar refractivity (Wildman–Crippen MR) is 127 cm³/mol. The third-order valence-electron chi connectivity index (χ3n) is 5.44. The highest BCUT2D eigenvalue weighted by Crippen LogP contribution is 2.22. The molecule has 1 aliphatic heterocycles. The molecular weight excluding hydrogens is 431 g/mol. The van der Waals surface area contributed by atoms with Crippen LogP contribution in [0.1, 0.15) is 25.7 Å². The molecule has 0 spiro atoms. The van der Waals surface area contributed by atoms with E-state index in [0.717, 1.165) is 18.8 Å². The Hall–Kier alpha value is -2.81. The maximum atomic E-state index is 13.8. The molecule has 2 aromatic rings. The number of anilines is 3. The Morgan fingerprint density at radius 2 is 1.75 bits per heavy atom. The van der Waals surface area contributed by atoms with Gasteiger partial charge in [0.15, 0.2) is 0 Å². The highest BCUT2D eigenvalue weighted by atomic mass is 32.2. The van der Waals surface area contributed by atoms with Crippen molar-refractivity contribution in [1.82, 2.24) is 5.32 Å². The molecule has 1 heterocycles. The molecule has 0 atom stereocenters. The van der Waals surface area contributed by atoms with Crippen LogP contribution in [0.3, 0.4) is 0 Å². The summed E-state index contributed by atoms with van der Waals surface area (Å²) in [5.41, 5.74) is 1.99. The Morgan fingerprint density at radius 3 is 2.44 bits per heavy atom. The molecule has 174 valence electrons. The number of nitrogens with zero attached hydrogens (tertiary/aromatic N) is 2. The summed E-state index contributed by atoms with van der Waals surface area (Å²) in [6, 6.07) is 13.7. The lowest BCUT2D eigenvalue weighted by molar-refractivity contribution is -0.118. The second kappa shape index (κ2) is 11.2. The smallest absolute Gasteiger partial charge is 0.241 e. The number of carbonyl (C=O) groups is 1. The second-order valence-corrected chi connectivity index (χ2v) is 9.75. The number of amides is 1. The van der Waals surface area contributed by atoms with Gasteiger partial charge in [0, 0.05) is 44.6 Å². The fourth-order valence-electron chi connectivity index (χ4n) is 3.76. The van der Waals surface area contributed by atoms with Crippen LogP contribution in [0, 0.1) is 5.82 Å². The summed E-state index contributed by atoms with van der Waals surface area (Å²) in [5.74, 6) is -1.53. The van der Waals surface area contributed by atoms with E-state index in [-0.39, 0.29) is 5.82 Å². The monoisotopic (exact) mass is 462 g/mol. The molecule has 7 nitrogen and oxygen atoms in total. The Labute approximate surface area is 189 Å². The van der Waals surface area contributed by atoms with Crippen LogP contribution in [0.4, 0.5) is 21.5 Å². The van der Waals surface area contributed by atoms with Crippen molar-refractivity contribution in [3.05, 3.63) is 54.3 Å². The molecule has 1 fully saturated rings. The van der Waals surface area contributed by atoms with Gasteiger partial charge in [0.1, 0.15) is 11.6 Å². The van der Waals surface area contributed by atoms with Gasteiger partial charge in [-0.15, -0.1) is 0 Å². The van der Waals surface area contributed by atoms with E-state index in [2.05, 4.69) is 14.9 Å². The lowest BCUT2D eigenvalue weighted by Crippen LogP contribution is -2.34. The van der Waals surface area contributed by atoms with E-state index in [1.165, 1.54) is 25.3 Å². The number of piperidine rings is 1. The van der Waals surface area contributed by atoms with Crippen molar-refractivity contribution in [2.75, 3.05) is 53.5 Å². The minimum atomic E-state index is -3.81. The summed E-state index contributed by atoms with van der Waals surface area (Å²) in [7, 11) is -2.04. The number of benzene rings is 2. The van der Waals surface area contributed by atoms with E-state index < -0.39 is 21.7 Å². The normalized spacial score (nSPS) is 14.1. The largest absolute Gasteiger partial charge is 0.372 e. The molecule has 2 aromatic carbocycles. The first-order valence-electron chi connectivity index (χ1n) is 10.9. The zero-order valence-electron chi connectivity index (χ0n) is 18.4. The van der Waals surface area contributed by atoms with Crippen LogP contribution in [0.5, 0.6) is 0 Å². The summed E-state index contributed by atoms with van der Waals surface area (Å²) in [5, 5.41) is 2.61. The van der Waals surface area contributed by atoms with Gasteiger partial charge in [-0.05, 0) is 62.1 Å². The van der Waals surface area contributed by atoms with E-state index in [0.29, 0.717) is 30.9 Å². The molecule has 2 N–H and O–H groups in total. The maximum Gasteiger partial charge on any atom is 0.241 e. The minimum Gasteiger partial charge on any atom is -0.372 e. The zero-order valence-corrected chi connectivity index (χ0v) is 19.2. The van der Waals surface area contributed by atoms with Crippen LogP contribution in [0.15, 0.2) is 48.5 Å². The Bertz CT molecular complexity index is 993. The molecule has 1 saturated heterocycles. The van der Waals surface area contributed by atoms with E-state index in [9.17, 15) is 17.6 Å². The number of sulfonamides is 1. The molecule has 0 unspecified atom stereocenters. The van der Waals surface area contributed by atoms with E-state index in [1.54, 1.807) is 42.3 Å². The molecule has 3 rings (SSSR count). The number of carbonyl (C=O) groups excluding carboxylic acids is 1. The van der Waals surface area contributed by atoms with Crippen LogP contribution >= 0.6 is 0 Å². The second-order valence-electron chi connectivity index (χ2n) is 8.03. The summed E-state index contributed by atoms with van der Waals surface area (Å²) in [6.45, 7) is 2.86. The Morgan fingerprint density at radius 1 is 1.06 bits per heavy atom. The van der Waals surface area contributed by atoms with Crippen LogP contribution in [0.25, 0.3) is 0 Å². The molecule has 0 bridgehead atoms. The zero-order chi connectivity index (χ0) is 23.0. The molecule has 1 amide bonds. The lowest BCUT2D eigenvalue weighted by Gasteiger charge is -2.28. The third kappa shape index (κ3) is 7.12. The number of hydrogen-bond donors (Lipinski definition) is 2. The van der Waals surface area contributed by atoms with Crippen LogP contribution < -0.4 is 19.8 Å². The molecule has 1 aliphatic rings. The van der Waals surface area contributed by atoms with Gasteiger partial charge in [0.05, 0.1) is 5.69 Å². The van der Waals surface area contributed by atoms with E-state index in [4.69, 9.17) is 0 Å². The van der Waals surface area contributed by atoms with Gasteiger partial charge in [0.25, 0.3) is 0 Å². The van der Waals surface area contributed by atoms with Gasteiger partial charge in [-0.2, -0.15) is 0 Å². The molecular formula is C23H31FN4O3S. The Kier molecular flexibility index (Phi) is 8.33. The number of rotatable bonds is 10. The van der Waals surface area contributed by atoms with Crippen LogP contribution in [-0.4, -0.2) is 53.3 Å². The average Bonchev–Trinajstić information content (AvgIpc) is 2.77. The van der Waals surface area contributed by atoms with Crippen molar-refractivity contribution < 1.29 is 17.6 Å². The standard InChI is InChI=1S/C23H31FN4O3S/c1-27(22-9-4-3-8-21(22)24)15-7-14-25-23(29)18-32(30,31)26-19-10-12-20(13-11-19)28-16-5-2-6-17-28/h3-4,8-13,26H,2,5-7,14-18H2,1H3,(H,25,29). The summed E-state index contributed by atoms with van der Waals surface area (Å²) < 4.78 is 40.9. The van der Waals surface area contributed by atoms with Crippen molar-refractivity contribution in [2.45, 2.75) is 25.7 Å². The molecule has 0 radical (unpaired) electrons. The SMILES string of the molecule is CN(CCCNC(=O)CS(=O)(=O)Nc1ccc(N2CCCCC2)cc1)c1ccccc1F. The average molecular weight is 463 g/mol. The minimum absolute atomic E-state index is 0.303. The van der Waals surface area contributed by atoms with Gasteiger partial charge in [-0.25, -0.2) is 12.8 Å². The first-order chi connectivity index (χ1) is 15.3. The van der Waals surface area contributed by atoms with Crippen molar-refractivity contribution in [2.24, 2.45) is 0 Å². The van der Waals surface area contributed by atoms with Crippen molar-refractivity contribution >= 4 is 33.0 Å². The maximum absolute atomic E-state index is 13.8. The third-order valence-corrected chi connectivity index (χ3v) is 6.63. The highest BCUT2D eigenvalue weighted by Gasteiger charge is 2.17. The lowest BCUT2D eigenvalue weighted by atomic mass is 10.1. The fourth-order valence-corrected chi connectivity index (χ4v) is 4.77. The first-order valence-corrected chi connectivity index (χ1v) is 12.6. The first kappa shape index (κ1) is 23.8. The quantitative estimate of drug-likeness (QED) is 0.530. The molecule has 0 aromatic heterocycles. The van der Waals surface area contributed by atoms with Gasteiger partial charge >= 0.3 is 0 Å². The number of para-hydroxylation sites is 1. The molecule has 9 heteroatoms. The molecule has 0 aliphatic carbocycles. The topological polar surface area (TPSA) is 81.8 Å². The van der Waals surface area contributed by atoms with Crippen molar-refractivity contribution in [1.29, 1.82) is 0 Å². The van der Waals surface area contributed by atoms with Crippen LogP contribution in [0.2, 0.25) is 0 Å². The molecule has 32 heavy (non-hydrogen) atoms. The number of nitrogens with one attached hydrogen (secondary N) is 2. The van der Waals surface area contributed by atoms with Crippen molar-refractivity contribution in [3.8, 4) is 0 Å². The van der Waals surface area contributed by atoms with Gasteiger partial charge in [-0.1, -0.05) is 12.1 Å². The predicted octanol–water partition coefficient (Wildman–Crippen LogP) is 3.20. The Balaban J connectivity index is 1.40. The summed E-state index contributed by atoms with van der Waals surface area (Å²) in [6.07, 6.45) is 4.15. The number of halogens is 1. The number of hydrogen-bond acceptors (Lipinski definition) is 5. The van der Waals surface area contributed by atoms with Gasteiger partial charge in [0.2, 0.25) is 15.9 Å². The van der Waals surface area contributed by atoms with E-state index in [1.807, 2.05) is 12.1 Å². The van der Waals surface area contributed by atoms with E-state index >= 15 is 0 Å². The van der Waals surface area contributed by atoms with Crippen LogP contribution in [-0.2, 0) is 14.8 Å².